The van der Waals surface area contributed by atoms with Crippen molar-refractivity contribution in [3.63, 3.8) is 0 Å². The predicted molar refractivity (Wildman–Crippen MR) is 178 cm³/mol. The maximum Gasteiger partial charge on any atom is 0.410 e. The first-order chi connectivity index (χ1) is 22.9. The fraction of sp³-hybridized carbons (Fsp3) is 0.571. The number of aromatic amines is 1. The number of hydrogen-bond donors (Lipinski definition) is 2. The summed E-state index contributed by atoms with van der Waals surface area (Å²) in [5.41, 5.74) is 5.35. The lowest BCUT2D eigenvalue weighted by Gasteiger charge is -2.41. The van der Waals surface area contributed by atoms with Gasteiger partial charge in [-0.1, -0.05) is 30.7 Å². The van der Waals surface area contributed by atoms with Gasteiger partial charge in [-0.15, -0.1) is 0 Å². The van der Waals surface area contributed by atoms with Crippen LogP contribution in [0.25, 0.3) is 11.0 Å². The van der Waals surface area contributed by atoms with Gasteiger partial charge in [0, 0.05) is 56.9 Å². The number of amides is 4. The van der Waals surface area contributed by atoms with Crippen molar-refractivity contribution in [2.75, 3.05) is 51.1 Å². The second kappa shape index (κ2) is 13.9. The molecule has 7 rings (SSSR count). The van der Waals surface area contributed by atoms with Crippen molar-refractivity contribution < 1.29 is 19.1 Å². The number of aryl methyl sites for hydroxylation is 1. The zero-order valence-corrected chi connectivity index (χ0v) is 27.3. The molecule has 0 unspecified atom stereocenters. The van der Waals surface area contributed by atoms with Crippen LogP contribution in [0.15, 0.2) is 36.4 Å². The number of aromatic nitrogens is 3. The van der Waals surface area contributed by atoms with Crippen molar-refractivity contribution in [1.29, 1.82) is 0 Å². The van der Waals surface area contributed by atoms with Crippen LogP contribution in [0, 0.1) is 6.92 Å². The molecule has 0 aliphatic carbocycles. The molecule has 3 fully saturated rings. The fourth-order valence-corrected chi connectivity index (χ4v) is 7.94. The topological polar surface area (TPSA) is 127 Å². The normalized spacial score (nSPS) is 20.9. The Labute approximate surface area is 275 Å². The van der Waals surface area contributed by atoms with Gasteiger partial charge in [-0.3, -0.25) is 4.79 Å². The summed E-state index contributed by atoms with van der Waals surface area (Å²) in [4.78, 5) is 48.9. The van der Waals surface area contributed by atoms with Crippen LogP contribution in [0.5, 0.6) is 0 Å². The van der Waals surface area contributed by atoms with Crippen LogP contribution < -0.4 is 5.32 Å². The van der Waals surface area contributed by atoms with Crippen LogP contribution >= 0.6 is 0 Å². The molecule has 3 aromatic rings. The molecule has 12 heteroatoms. The molecule has 250 valence electrons. The maximum atomic E-state index is 14.1. The molecule has 3 saturated heterocycles. The van der Waals surface area contributed by atoms with Crippen molar-refractivity contribution in [2.45, 2.75) is 82.9 Å². The summed E-state index contributed by atoms with van der Waals surface area (Å²) >= 11 is 0. The maximum absolute atomic E-state index is 14.1. The lowest BCUT2D eigenvalue weighted by atomic mass is 9.98. The van der Waals surface area contributed by atoms with Crippen LogP contribution in [-0.2, 0) is 22.4 Å². The number of H-pyrrole nitrogens is 1. The van der Waals surface area contributed by atoms with E-state index in [0.29, 0.717) is 51.6 Å². The number of carbonyl (C=O) groups is 3. The molecule has 0 bridgehead atoms. The summed E-state index contributed by atoms with van der Waals surface area (Å²) in [5.74, 6) is -0.135. The quantitative estimate of drug-likeness (QED) is 0.410. The van der Waals surface area contributed by atoms with Crippen molar-refractivity contribution in [3.05, 3.63) is 53.1 Å². The molecule has 0 saturated carbocycles. The number of fused-ring (bicyclic) bond motifs is 2. The Hall–Kier alpha value is -4.19. The molecule has 4 aliphatic heterocycles. The number of hydrogen-bond acceptors (Lipinski definition) is 7. The van der Waals surface area contributed by atoms with Gasteiger partial charge in [-0.05, 0) is 93.8 Å². The Bertz CT molecular complexity index is 1590. The summed E-state index contributed by atoms with van der Waals surface area (Å²) in [6.07, 6.45) is 6.65. The third-order valence-corrected chi connectivity index (χ3v) is 10.6. The Kier molecular flexibility index (Phi) is 9.28. The van der Waals surface area contributed by atoms with Gasteiger partial charge in [-0.25, -0.2) is 9.59 Å². The highest BCUT2D eigenvalue weighted by Gasteiger charge is 2.36. The largest absolute Gasteiger partial charge is 0.436 e. The number of nitrogens with zero attached hydrogens (tertiary/aromatic N) is 6. The lowest BCUT2D eigenvalue weighted by molar-refractivity contribution is -0.142. The fourth-order valence-electron chi connectivity index (χ4n) is 7.94. The SMILES string of the molecule is Cc1cc(C[C@@H](OC(=O)N2CCC(N3CCc4ccccc4NC3=O)CC2)C(=O)N2CCC(N3CCCCC3)CC2)cc2n[nH]nc12. The van der Waals surface area contributed by atoms with E-state index in [1.807, 2.05) is 47.1 Å². The highest BCUT2D eigenvalue weighted by atomic mass is 16.6. The van der Waals surface area contributed by atoms with Crippen molar-refractivity contribution >= 4 is 34.8 Å². The van der Waals surface area contributed by atoms with E-state index in [4.69, 9.17) is 4.74 Å². The lowest BCUT2D eigenvalue weighted by Crippen LogP contribution is -2.53. The zero-order chi connectivity index (χ0) is 32.3. The zero-order valence-electron chi connectivity index (χ0n) is 27.3. The highest BCUT2D eigenvalue weighted by molar-refractivity contribution is 5.91. The van der Waals surface area contributed by atoms with Gasteiger partial charge >= 0.3 is 12.1 Å². The molecule has 2 N–H and O–H groups in total. The average Bonchev–Trinajstić information content (AvgIpc) is 3.52. The summed E-state index contributed by atoms with van der Waals surface area (Å²) < 4.78 is 6.10. The number of urea groups is 1. The Morgan fingerprint density at radius 2 is 1.62 bits per heavy atom. The van der Waals surface area contributed by atoms with Gasteiger partial charge in [0.1, 0.15) is 11.0 Å². The molecule has 0 spiro atoms. The second-order valence-corrected chi connectivity index (χ2v) is 13.6. The highest BCUT2D eigenvalue weighted by Crippen LogP contribution is 2.27. The standard InChI is InChI=1S/C35H46N8O4/c1-24-21-25(22-30-32(24)38-39-37-30)23-31(33(44)41-16-10-27(11-17-41)40-14-5-2-6-15-40)47-35(46)42-18-12-28(13-19-42)43-20-9-26-7-3-4-8-29(26)36-34(43)45/h3-4,7-8,21-22,27-28,31H,2,5-6,9-20,23H2,1H3,(H,36,45)(H,37,38,39)/t31-/m1/s1. The van der Waals surface area contributed by atoms with Crippen molar-refractivity contribution in [3.8, 4) is 0 Å². The number of likely N-dealkylation sites (tertiary alicyclic amines) is 3. The molecule has 47 heavy (non-hydrogen) atoms. The van der Waals surface area contributed by atoms with E-state index >= 15 is 0 Å². The van der Waals surface area contributed by atoms with E-state index in [2.05, 4.69) is 31.7 Å². The number of para-hydroxylation sites is 1. The average molecular weight is 643 g/mol. The van der Waals surface area contributed by atoms with Gasteiger partial charge < -0.3 is 29.7 Å². The van der Waals surface area contributed by atoms with Crippen LogP contribution in [-0.4, -0.2) is 117 Å². The van der Waals surface area contributed by atoms with Crippen LogP contribution in [0.3, 0.4) is 0 Å². The number of ether oxygens (including phenoxy) is 1. The molecule has 1 aromatic heterocycles. The number of benzene rings is 2. The van der Waals surface area contributed by atoms with Crippen molar-refractivity contribution in [1.82, 2.24) is 35.0 Å². The summed E-state index contributed by atoms with van der Waals surface area (Å²) in [6.45, 7) is 7.17. The summed E-state index contributed by atoms with van der Waals surface area (Å²) in [7, 11) is 0. The third-order valence-electron chi connectivity index (χ3n) is 10.6. The Balaban J connectivity index is 1.00. The predicted octanol–water partition coefficient (Wildman–Crippen LogP) is 4.35. The van der Waals surface area contributed by atoms with Gasteiger partial charge in [0.2, 0.25) is 0 Å². The van der Waals surface area contributed by atoms with Crippen LogP contribution in [0.2, 0.25) is 0 Å². The number of carbonyl (C=O) groups excluding carboxylic acids is 3. The smallest absolute Gasteiger partial charge is 0.410 e. The number of piperidine rings is 3. The van der Waals surface area contributed by atoms with E-state index in [1.165, 1.54) is 19.3 Å². The monoisotopic (exact) mass is 642 g/mol. The van der Waals surface area contributed by atoms with E-state index in [9.17, 15) is 14.4 Å². The third kappa shape index (κ3) is 6.93. The Morgan fingerprint density at radius 3 is 2.40 bits per heavy atom. The second-order valence-electron chi connectivity index (χ2n) is 13.6. The minimum Gasteiger partial charge on any atom is -0.436 e. The van der Waals surface area contributed by atoms with Gasteiger partial charge in [0.05, 0.1) is 0 Å². The summed E-state index contributed by atoms with van der Waals surface area (Å²) in [6, 6.07) is 12.3. The Morgan fingerprint density at radius 1 is 0.894 bits per heavy atom. The number of nitrogens with one attached hydrogen (secondary N) is 2. The van der Waals surface area contributed by atoms with Crippen molar-refractivity contribution in [2.24, 2.45) is 0 Å². The minimum atomic E-state index is -0.939. The van der Waals surface area contributed by atoms with Crippen LogP contribution in [0.1, 0.15) is 61.6 Å². The number of anilines is 1. The molecule has 4 aliphatic rings. The molecule has 2 aromatic carbocycles. The van der Waals surface area contributed by atoms with E-state index < -0.39 is 12.2 Å². The molecule has 12 nitrogen and oxygen atoms in total. The van der Waals surface area contributed by atoms with E-state index in [-0.39, 0.29) is 24.4 Å². The molecular formula is C35H46N8O4. The first-order valence-electron chi connectivity index (χ1n) is 17.4. The van der Waals surface area contributed by atoms with Gasteiger partial charge in [0.25, 0.3) is 5.91 Å². The molecule has 1 atom stereocenters. The molecule has 5 heterocycles. The first-order valence-corrected chi connectivity index (χ1v) is 17.4. The molecular weight excluding hydrogens is 596 g/mol. The minimum absolute atomic E-state index is 0.0316. The van der Waals surface area contributed by atoms with E-state index in [0.717, 1.165) is 65.8 Å². The number of rotatable bonds is 6. The molecule has 4 amide bonds. The summed E-state index contributed by atoms with van der Waals surface area (Å²) in [5, 5.41) is 14.2. The van der Waals surface area contributed by atoms with E-state index in [1.54, 1.807) is 4.90 Å². The van der Waals surface area contributed by atoms with Crippen LogP contribution in [0.4, 0.5) is 15.3 Å². The van der Waals surface area contributed by atoms with Gasteiger partial charge in [-0.2, -0.15) is 15.4 Å². The molecule has 0 radical (unpaired) electrons. The first kappa shape index (κ1) is 31.4. The van der Waals surface area contributed by atoms with Gasteiger partial charge in [0.15, 0.2) is 6.10 Å².